The van der Waals surface area contributed by atoms with Gasteiger partial charge in [0.15, 0.2) is 5.13 Å². The molecule has 0 spiro atoms. The van der Waals surface area contributed by atoms with Crippen LogP contribution in [-0.4, -0.2) is 43.3 Å². The molecule has 1 N–H and O–H groups in total. The number of benzene rings is 2. The number of anilines is 2. The molecule has 7 nitrogen and oxygen atoms in total. The third-order valence-electron chi connectivity index (χ3n) is 5.94. The van der Waals surface area contributed by atoms with Gasteiger partial charge in [0.2, 0.25) is 5.91 Å². The van der Waals surface area contributed by atoms with Gasteiger partial charge in [0.1, 0.15) is 5.82 Å². The highest BCUT2D eigenvalue weighted by Gasteiger charge is 2.37. The Morgan fingerprint density at radius 2 is 1.94 bits per heavy atom. The fourth-order valence-electron chi connectivity index (χ4n) is 4.33. The molecule has 0 radical (unpaired) electrons. The molecule has 0 saturated carbocycles. The topological polar surface area (TPSA) is 82.6 Å². The summed E-state index contributed by atoms with van der Waals surface area (Å²) in [5.74, 6) is -0.272. The van der Waals surface area contributed by atoms with E-state index in [4.69, 9.17) is 0 Å². The molecule has 0 aliphatic carbocycles. The van der Waals surface area contributed by atoms with Crippen LogP contribution in [0.5, 0.6) is 0 Å². The largest absolute Gasteiger partial charge is 0.311 e. The number of fused-ring (bicyclic) bond motifs is 1. The van der Waals surface area contributed by atoms with Gasteiger partial charge in [-0.3, -0.25) is 14.4 Å². The van der Waals surface area contributed by atoms with E-state index >= 15 is 0 Å². The SMILES string of the molecule is O=C1[C@@H](N2CCc3ccc(F)cc3C2)CCN1c1ccc(S(=O)(=O)Nc2nccs2)cc1.[HH].[HH]. The maximum atomic E-state index is 13.6. The summed E-state index contributed by atoms with van der Waals surface area (Å²) in [6.07, 6.45) is 2.99. The molecule has 1 amide bonds. The van der Waals surface area contributed by atoms with Gasteiger partial charge in [0.05, 0.1) is 10.9 Å². The van der Waals surface area contributed by atoms with E-state index in [0.717, 1.165) is 24.1 Å². The van der Waals surface area contributed by atoms with Crippen LogP contribution < -0.4 is 9.62 Å². The van der Waals surface area contributed by atoms with E-state index in [1.807, 2.05) is 6.07 Å². The van der Waals surface area contributed by atoms with E-state index in [1.165, 1.54) is 35.7 Å². The fraction of sp³-hybridized carbons (Fsp3) is 0.273. The highest BCUT2D eigenvalue weighted by molar-refractivity contribution is 7.93. The zero-order chi connectivity index (χ0) is 22.3. The molecule has 0 bridgehead atoms. The van der Waals surface area contributed by atoms with Gasteiger partial charge in [-0.15, -0.1) is 11.3 Å². The average molecular weight is 477 g/mol. The van der Waals surface area contributed by atoms with Crippen molar-refractivity contribution < 1.29 is 20.5 Å². The van der Waals surface area contributed by atoms with Gasteiger partial charge in [-0.05, 0) is 60.4 Å². The molecule has 0 unspecified atom stereocenters. The van der Waals surface area contributed by atoms with Crippen molar-refractivity contribution in [3.63, 3.8) is 0 Å². The number of sulfonamides is 1. The number of carbonyl (C=O) groups is 1. The lowest BCUT2D eigenvalue weighted by Crippen LogP contribution is -2.44. The number of amides is 1. The van der Waals surface area contributed by atoms with Crippen LogP contribution in [0.4, 0.5) is 15.2 Å². The maximum absolute atomic E-state index is 13.6. The van der Waals surface area contributed by atoms with Crippen LogP contribution in [0.25, 0.3) is 0 Å². The van der Waals surface area contributed by atoms with Crippen molar-refractivity contribution >= 4 is 38.1 Å². The molecular weight excluding hydrogens is 451 g/mol. The Morgan fingerprint density at radius 3 is 2.69 bits per heavy atom. The Bertz CT molecular complexity index is 1260. The molecule has 5 rings (SSSR count). The second-order valence-electron chi connectivity index (χ2n) is 7.86. The van der Waals surface area contributed by atoms with E-state index in [-0.39, 0.29) is 25.5 Å². The first-order valence-electron chi connectivity index (χ1n) is 10.3. The minimum absolute atomic E-state index is 0. The molecule has 2 aliphatic rings. The number of thiazole rings is 1. The zero-order valence-corrected chi connectivity index (χ0v) is 18.7. The molecule has 170 valence electrons. The van der Waals surface area contributed by atoms with Gasteiger partial charge in [0.25, 0.3) is 10.0 Å². The molecule has 1 saturated heterocycles. The van der Waals surface area contributed by atoms with Gasteiger partial charge in [-0.1, -0.05) is 6.07 Å². The van der Waals surface area contributed by atoms with Gasteiger partial charge in [-0.25, -0.2) is 17.8 Å². The highest BCUT2D eigenvalue weighted by Crippen LogP contribution is 2.29. The molecule has 1 aromatic heterocycles. The van der Waals surface area contributed by atoms with Gasteiger partial charge in [0, 0.05) is 39.8 Å². The predicted molar refractivity (Wildman–Crippen MR) is 125 cm³/mol. The van der Waals surface area contributed by atoms with E-state index in [1.54, 1.807) is 28.5 Å². The average Bonchev–Trinajstić information content (AvgIpc) is 3.42. The Hall–Kier alpha value is -2.82. The van der Waals surface area contributed by atoms with Crippen LogP contribution in [0.2, 0.25) is 0 Å². The number of hydrogen-bond donors (Lipinski definition) is 1. The van der Waals surface area contributed by atoms with Crippen LogP contribution in [0.3, 0.4) is 0 Å². The van der Waals surface area contributed by atoms with Crippen molar-refractivity contribution in [3.8, 4) is 0 Å². The van der Waals surface area contributed by atoms with Crippen molar-refractivity contribution in [2.24, 2.45) is 0 Å². The third kappa shape index (κ3) is 4.01. The number of nitrogens with one attached hydrogen (secondary N) is 1. The summed E-state index contributed by atoms with van der Waals surface area (Å²) >= 11 is 1.20. The first-order valence-corrected chi connectivity index (χ1v) is 12.6. The number of halogens is 1. The Balaban J connectivity index is 0.00000162. The molecule has 3 heterocycles. The minimum Gasteiger partial charge on any atom is -0.311 e. The first-order chi connectivity index (χ1) is 15.4. The minimum atomic E-state index is -3.74. The fourth-order valence-corrected chi connectivity index (χ4v) is 6.12. The normalized spacial score (nSPS) is 19.2. The number of hydrogen-bond acceptors (Lipinski definition) is 6. The van der Waals surface area contributed by atoms with Crippen LogP contribution >= 0.6 is 11.3 Å². The molecule has 2 aromatic carbocycles. The Kier molecular flexibility index (Phi) is 5.44. The molecule has 32 heavy (non-hydrogen) atoms. The third-order valence-corrected chi connectivity index (χ3v) is 8.11. The summed E-state index contributed by atoms with van der Waals surface area (Å²) in [5, 5.41) is 1.99. The second kappa shape index (κ2) is 8.27. The quantitative estimate of drug-likeness (QED) is 0.607. The molecular formula is C22H25FN4O3S2. The monoisotopic (exact) mass is 476 g/mol. The van der Waals surface area contributed by atoms with Gasteiger partial charge in [-0.2, -0.15) is 0 Å². The van der Waals surface area contributed by atoms with Crippen molar-refractivity contribution in [3.05, 3.63) is 71.0 Å². The first kappa shape index (κ1) is 21.0. The maximum Gasteiger partial charge on any atom is 0.263 e. The lowest BCUT2D eigenvalue weighted by Gasteiger charge is -2.32. The molecule has 2 aliphatic heterocycles. The van der Waals surface area contributed by atoms with Crippen molar-refractivity contribution in [1.82, 2.24) is 9.88 Å². The summed E-state index contributed by atoms with van der Waals surface area (Å²) < 4.78 is 41.1. The molecule has 10 heteroatoms. The lowest BCUT2D eigenvalue weighted by atomic mass is 9.98. The Morgan fingerprint density at radius 1 is 1.12 bits per heavy atom. The lowest BCUT2D eigenvalue weighted by molar-refractivity contribution is -0.122. The van der Waals surface area contributed by atoms with Crippen LogP contribution in [0.1, 0.15) is 20.4 Å². The van der Waals surface area contributed by atoms with Crippen LogP contribution in [0, 0.1) is 5.82 Å². The zero-order valence-electron chi connectivity index (χ0n) is 17.1. The van der Waals surface area contributed by atoms with Crippen LogP contribution in [0.15, 0.2) is 58.9 Å². The smallest absolute Gasteiger partial charge is 0.263 e. The highest BCUT2D eigenvalue weighted by atomic mass is 32.2. The van der Waals surface area contributed by atoms with Gasteiger partial charge >= 0.3 is 0 Å². The molecule has 3 aromatic rings. The van der Waals surface area contributed by atoms with E-state index < -0.39 is 10.0 Å². The predicted octanol–water partition coefficient (Wildman–Crippen LogP) is 3.74. The molecule has 1 atom stereocenters. The standard InChI is InChI=1S/C22H21FN4O3S2.2H2/c23-17-2-1-15-7-10-26(14-16(15)13-17)20-8-11-27(21(20)28)18-3-5-19(6-4-18)32(29,30)25-22-24-9-12-31-22;;/h1-6,9,12-13,20H,7-8,10-11,14H2,(H,24,25);2*1H/t20-;;/m0../s1. The summed E-state index contributed by atoms with van der Waals surface area (Å²) in [5.41, 5.74) is 2.73. The number of aromatic nitrogens is 1. The summed E-state index contributed by atoms with van der Waals surface area (Å²) in [6.45, 7) is 1.86. The van der Waals surface area contributed by atoms with Crippen molar-refractivity contribution in [2.45, 2.75) is 30.3 Å². The molecule has 1 fully saturated rings. The Labute approximate surface area is 192 Å². The van der Waals surface area contributed by atoms with Crippen molar-refractivity contribution in [1.29, 1.82) is 0 Å². The van der Waals surface area contributed by atoms with Crippen LogP contribution in [-0.2, 0) is 27.8 Å². The second-order valence-corrected chi connectivity index (χ2v) is 10.4. The number of nitrogens with zero attached hydrogens (tertiary/aromatic N) is 3. The summed E-state index contributed by atoms with van der Waals surface area (Å²) in [7, 11) is -3.74. The van der Waals surface area contributed by atoms with Crippen molar-refractivity contribution in [2.75, 3.05) is 22.7 Å². The van der Waals surface area contributed by atoms with E-state index in [2.05, 4.69) is 14.6 Å². The van der Waals surface area contributed by atoms with Gasteiger partial charge < -0.3 is 4.90 Å². The number of carbonyl (C=O) groups excluding carboxylic acids is 1. The van der Waals surface area contributed by atoms with E-state index in [9.17, 15) is 17.6 Å². The van der Waals surface area contributed by atoms with E-state index in [0.29, 0.717) is 30.3 Å². The number of rotatable bonds is 5. The summed E-state index contributed by atoms with van der Waals surface area (Å²) in [4.78, 5) is 21.0. The summed E-state index contributed by atoms with van der Waals surface area (Å²) in [6, 6.07) is 10.9.